The Morgan fingerprint density at radius 2 is 1.90 bits per heavy atom. The Kier molecular flexibility index (Phi) is 7.04. The summed E-state index contributed by atoms with van der Waals surface area (Å²) in [6.45, 7) is 6.30. The molecule has 3 aromatic rings. The molecule has 0 bridgehead atoms. The summed E-state index contributed by atoms with van der Waals surface area (Å²) in [5.41, 5.74) is 2.84. The molecule has 1 heterocycles. The van der Waals surface area contributed by atoms with Gasteiger partial charge in [0.15, 0.2) is 11.5 Å². The number of rotatable bonds is 7. The number of hydrogen-bond acceptors (Lipinski definition) is 5. The standard InChI is InChI=1S/C23H20Cl2N2O3/c1-4-28-22-9-16(12-27-23-19(11-26)14(2)15(3)30-23)5-8-21(22)29-13-17-6-7-18(24)10-20(17)25/h5-10,12H,4,13H2,1-3H3. The average molecular weight is 443 g/mol. The topological polar surface area (TPSA) is 67.8 Å². The average Bonchev–Trinajstić information content (AvgIpc) is 3.00. The van der Waals surface area contributed by atoms with E-state index in [4.69, 9.17) is 37.1 Å². The van der Waals surface area contributed by atoms with Crippen LogP contribution in [0.3, 0.4) is 0 Å². The number of aryl methyl sites for hydroxylation is 1. The van der Waals surface area contributed by atoms with Crippen molar-refractivity contribution >= 4 is 35.3 Å². The molecular weight excluding hydrogens is 423 g/mol. The maximum Gasteiger partial charge on any atom is 0.237 e. The number of nitrogens with zero attached hydrogens (tertiary/aromatic N) is 2. The smallest absolute Gasteiger partial charge is 0.237 e. The highest BCUT2D eigenvalue weighted by Gasteiger charge is 2.13. The van der Waals surface area contributed by atoms with Crippen LogP contribution in [0.5, 0.6) is 11.5 Å². The quantitative estimate of drug-likeness (QED) is 0.377. The van der Waals surface area contributed by atoms with Gasteiger partial charge in [0.2, 0.25) is 5.88 Å². The van der Waals surface area contributed by atoms with Gasteiger partial charge in [0, 0.05) is 27.4 Å². The van der Waals surface area contributed by atoms with Crippen LogP contribution in [0, 0.1) is 25.2 Å². The number of ether oxygens (including phenoxy) is 2. The largest absolute Gasteiger partial charge is 0.490 e. The summed E-state index contributed by atoms with van der Waals surface area (Å²) in [6, 6.07) is 12.9. The Morgan fingerprint density at radius 3 is 2.60 bits per heavy atom. The molecule has 2 aromatic carbocycles. The molecule has 0 aliphatic heterocycles. The fourth-order valence-corrected chi connectivity index (χ4v) is 3.21. The Balaban J connectivity index is 1.81. The second-order valence-electron chi connectivity index (χ2n) is 6.50. The number of hydrogen-bond donors (Lipinski definition) is 0. The van der Waals surface area contributed by atoms with Gasteiger partial charge in [-0.2, -0.15) is 5.26 Å². The summed E-state index contributed by atoms with van der Waals surface area (Å²) in [7, 11) is 0. The summed E-state index contributed by atoms with van der Waals surface area (Å²) < 4.78 is 17.2. The van der Waals surface area contributed by atoms with Gasteiger partial charge in [0.25, 0.3) is 0 Å². The van der Waals surface area contributed by atoms with E-state index in [2.05, 4.69) is 11.1 Å². The Hall–Kier alpha value is -2.94. The van der Waals surface area contributed by atoms with E-state index in [1.54, 1.807) is 24.4 Å². The third-order valence-corrected chi connectivity index (χ3v) is 5.06. The first kappa shape index (κ1) is 21.8. The van der Waals surface area contributed by atoms with Crippen molar-refractivity contribution in [1.82, 2.24) is 0 Å². The lowest BCUT2D eigenvalue weighted by Crippen LogP contribution is -2.01. The zero-order valence-corrected chi connectivity index (χ0v) is 18.3. The fourth-order valence-electron chi connectivity index (χ4n) is 2.75. The number of halogens is 2. The molecule has 0 unspecified atom stereocenters. The van der Waals surface area contributed by atoms with Crippen LogP contribution in [0.25, 0.3) is 0 Å². The van der Waals surface area contributed by atoms with Gasteiger partial charge in [-0.25, -0.2) is 4.99 Å². The Bertz CT molecular complexity index is 1130. The van der Waals surface area contributed by atoms with E-state index in [-0.39, 0.29) is 6.61 Å². The highest BCUT2D eigenvalue weighted by atomic mass is 35.5. The van der Waals surface area contributed by atoms with Gasteiger partial charge in [-0.1, -0.05) is 29.3 Å². The SMILES string of the molecule is CCOc1cc(C=Nc2oc(C)c(C)c2C#N)ccc1OCc1ccc(Cl)cc1Cl. The van der Waals surface area contributed by atoms with Crippen molar-refractivity contribution in [2.45, 2.75) is 27.4 Å². The third-order valence-electron chi connectivity index (χ3n) is 4.48. The molecule has 0 spiro atoms. The molecule has 7 heteroatoms. The van der Waals surface area contributed by atoms with Crippen LogP contribution >= 0.6 is 23.2 Å². The first-order valence-electron chi connectivity index (χ1n) is 9.30. The Morgan fingerprint density at radius 1 is 1.10 bits per heavy atom. The van der Waals surface area contributed by atoms with E-state index < -0.39 is 0 Å². The predicted molar refractivity (Wildman–Crippen MR) is 119 cm³/mol. The van der Waals surface area contributed by atoms with Gasteiger partial charge in [-0.15, -0.1) is 0 Å². The van der Waals surface area contributed by atoms with Crippen LogP contribution in [0.4, 0.5) is 5.88 Å². The minimum absolute atomic E-state index is 0.278. The van der Waals surface area contributed by atoms with Crippen molar-refractivity contribution in [2.75, 3.05) is 6.61 Å². The number of furan rings is 1. The van der Waals surface area contributed by atoms with Gasteiger partial charge >= 0.3 is 0 Å². The lowest BCUT2D eigenvalue weighted by molar-refractivity contribution is 0.269. The molecule has 1 aromatic heterocycles. The molecule has 0 aliphatic carbocycles. The number of benzene rings is 2. The van der Waals surface area contributed by atoms with Crippen molar-refractivity contribution in [3.05, 3.63) is 74.5 Å². The van der Waals surface area contributed by atoms with Gasteiger partial charge < -0.3 is 13.9 Å². The minimum Gasteiger partial charge on any atom is -0.490 e. The molecule has 3 rings (SSSR count). The Labute approximate surface area is 185 Å². The highest BCUT2D eigenvalue weighted by molar-refractivity contribution is 6.35. The van der Waals surface area contributed by atoms with Gasteiger partial charge in [-0.05, 0) is 56.7 Å². The van der Waals surface area contributed by atoms with Crippen LogP contribution in [0.15, 0.2) is 45.8 Å². The molecule has 0 radical (unpaired) electrons. The van der Waals surface area contributed by atoms with Crippen LogP contribution in [-0.2, 0) is 6.61 Å². The van der Waals surface area contributed by atoms with Crippen LogP contribution in [-0.4, -0.2) is 12.8 Å². The van der Waals surface area contributed by atoms with E-state index in [1.807, 2.05) is 39.0 Å². The number of aliphatic imine (C=N–C) groups is 1. The summed E-state index contributed by atoms with van der Waals surface area (Å²) in [5.74, 6) is 2.14. The second-order valence-corrected chi connectivity index (χ2v) is 7.34. The van der Waals surface area contributed by atoms with Gasteiger partial charge in [0.1, 0.15) is 24.0 Å². The van der Waals surface area contributed by atoms with E-state index in [1.165, 1.54) is 0 Å². The maximum atomic E-state index is 9.31. The van der Waals surface area contributed by atoms with Crippen LogP contribution < -0.4 is 9.47 Å². The monoisotopic (exact) mass is 442 g/mol. The lowest BCUT2D eigenvalue weighted by Gasteiger charge is -2.13. The van der Waals surface area contributed by atoms with Crippen molar-refractivity contribution in [2.24, 2.45) is 4.99 Å². The van der Waals surface area contributed by atoms with Crippen LogP contribution in [0.1, 0.15) is 34.9 Å². The van der Waals surface area contributed by atoms with Gasteiger partial charge in [-0.3, -0.25) is 0 Å². The molecule has 0 N–H and O–H groups in total. The zero-order chi connectivity index (χ0) is 21.7. The summed E-state index contributed by atoms with van der Waals surface area (Å²) in [4.78, 5) is 4.33. The van der Waals surface area contributed by atoms with Crippen molar-refractivity contribution in [3.8, 4) is 17.6 Å². The molecule has 30 heavy (non-hydrogen) atoms. The molecule has 5 nitrogen and oxygen atoms in total. The normalized spacial score (nSPS) is 10.9. The molecule has 154 valence electrons. The molecule has 0 saturated heterocycles. The minimum atomic E-state index is 0.278. The second kappa shape index (κ2) is 9.71. The molecule has 0 fully saturated rings. The maximum absolute atomic E-state index is 9.31. The van der Waals surface area contributed by atoms with Crippen LogP contribution in [0.2, 0.25) is 10.0 Å². The van der Waals surface area contributed by atoms with Crippen molar-refractivity contribution < 1.29 is 13.9 Å². The number of nitriles is 1. The predicted octanol–water partition coefficient (Wildman–Crippen LogP) is 6.80. The molecule has 0 aliphatic rings. The molecule has 0 saturated carbocycles. The molecule has 0 amide bonds. The molecular formula is C23H20Cl2N2O3. The first-order chi connectivity index (χ1) is 14.4. The first-order valence-corrected chi connectivity index (χ1v) is 10.1. The highest BCUT2D eigenvalue weighted by Crippen LogP contribution is 2.31. The molecule has 0 atom stereocenters. The summed E-state index contributed by atoms with van der Waals surface area (Å²) in [5, 5.41) is 10.4. The van der Waals surface area contributed by atoms with E-state index in [0.29, 0.717) is 45.4 Å². The van der Waals surface area contributed by atoms with Crippen molar-refractivity contribution in [3.63, 3.8) is 0 Å². The van der Waals surface area contributed by atoms with E-state index >= 15 is 0 Å². The lowest BCUT2D eigenvalue weighted by atomic mass is 10.2. The fraction of sp³-hybridized carbons (Fsp3) is 0.217. The van der Waals surface area contributed by atoms with E-state index in [0.717, 1.165) is 16.7 Å². The van der Waals surface area contributed by atoms with E-state index in [9.17, 15) is 5.26 Å². The zero-order valence-electron chi connectivity index (χ0n) is 16.8. The van der Waals surface area contributed by atoms with Gasteiger partial charge in [0.05, 0.1) is 6.61 Å². The third kappa shape index (κ3) is 4.96. The summed E-state index contributed by atoms with van der Waals surface area (Å²) in [6.07, 6.45) is 1.63. The van der Waals surface area contributed by atoms with Crippen molar-refractivity contribution in [1.29, 1.82) is 5.26 Å². The summed E-state index contributed by atoms with van der Waals surface area (Å²) >= 11 is 12.2.